The van der Waals surface area contributed by atoms with Gasteiger partial charge in [-0.2, -0.15) is 0 Å². The Kier molecular flexibility index (Phi) is 6.15. The number of hydrogen-bond acceptors (Lipinski definition) is 6. The number of carbonyl (C=O) groups is 3. The number of nitrogens with zero attached hydrogens (tertiary/aromatic N) is 1. The molecule has 0 fully saturated rings. The van der Waals surface area contributed by atoms with Gasteiger partial charge in [0, 0.05) is 5.69 Å². The molecule has 8 heteroatoms. The van der Waals surface area contributed by atoms with Crippen molar-refractivity contribution in [2.75, 3.05) is 17.3 Å². The van der Waals surface area contributed by atoms with E-state index in [1.54, 1.807) is 73.8 Å². The second-order valence-corrected chi connectivity index (χ2v) is 7.62. The number of imide groups is 1. The minimum absolute atomic E-state index is 0.0308. The first-order chi connectivity index (χ1) is 15.9. The lowest BCUT2D eigenvalue weighted by atomic mass is 10.2. The standard InChI is InChI=1S/C25H19ClN2O5/c1-15-4-3-5-18(14-15)28-23(29)21(26)22(24(28)30)27-17-8-6-16(7-9-17)25(31)33-20-12-10-19(32-2)11-13-20/h3-14,27H,1-2H3. The smallest absolute Gasteiger partial charge is 0.343 e. The van der Waals surface area contributed by atoms with Crippen LogP contribution in [0.2, 0.25) is 0 Å². The summed E-state index contributed by atoms with van der Waals surface area (Å²) in [7, 11) is 1.55. The van der Waals surface area contributed by atoms with Crippen LogP contribution in [0.4, 0.5) is 11.4 Å². The van der Waals surface area contributed by atoms with Crippen molar-refractivity contribution in [2.24, 2.45) is 0 Å². The quantitative estimate of drug-likeness (QED) is 0.326. The number of nitrogens with one attached hydrogen (secondary N) is 1. The molecule has 7 nitrogen and oxygen atoms in total. The number of aryl methyl sites for hydroxylation is 1. The Balaban J connectivity index is 1.46. The fourth-order valence-electron chi connectivity index (χ4n) is 3.26. The van der Waals surface area contributed by atoms with E-state index >= 15 is 0 Å². The second kappa shape index (κ2) is 9.18. The van der Waals surface area contributed by atoms with Crippen molar-refractivity contribution >= 4 is 40.8 Å². The summed E-state index contributed by atoms with van der Waals surface area (Å²) in [5.74, 6) is -0.667. The number of carbonyl (C=O) groups excluding carboxylic acids is 3. The molecule has 0 spiro atoms. The summed E-state index contributed by atoms with van der Waals surface area (Å²) in [6, 6.07) is 19.9. The molecule has 33 heavy (non-hydrogen) atoms. The molecule has 0 aliphatic carbocycles. The molecule has 0 unspecified atom stereocenters. The van der Waals surface area contributed by atoms with Gasteiger partial charge in [0.2, 0.25) is 0 Å². The summed E-state index contributed by atoms with van der Waals surface area (Å²) in [5, 5.41) is 2.68. The summed E-state index contributed by atoms with van der Waals surface area (Å²) in [5.41, 5.74) is 2.11. The lowest BCUT2D eigenvalue weighted by Gasteiger charge is -2.15. The van der Waals surface area contributed by atoms with E-state index in [1.807, 2.05) is 13.0 Å². The minimum atomic E-state index is -0.602. The number of hydrogen-bond donors (Lipinski definition) is 1. The van der Waals surface area contributed by atoms with Crippen LogP contribution in [-0.2, 0) is 9.59 Å². The van der Waals surface area contributed by atoms with Gasteiger partial charge < -0.3 is 14.8 Å². The molecule has 4 rings (SSSR count). The van der Waals surface area contributed by atoms with Gasteiger partial charge in [-0.15, -0.1) is 0 Å². The predicted molar refractivity (Wildman–Crippen MR) is 125 cm³/mol. The third-order valence-corrected chi connectivity index (χ3v) is 5.30. The average molecular weight is 463 g/mol. The molecular formula is C25H19ClN2O5. The summed E-state index contributed by atoms with van der Waals surface area (Å²) >= 11 is 6.17. The van der Waals surface area contributed by atoms with E-state index in [2.05, 4.69) is 5.32 Å². The number of rotatable bonds is 6. The van der Waals surface area contributed by atoms with E-state index in [9.17, 15) is 14.4 Å². The Morgan fingerprint density at radius 1 is 0.909 bits per heavy atom. The van der Waals surface area contributed by atoms with Gasteiger partial charge in [0.25, 0.3) is 11.8 Å². The molecule has 0 saturated heterocycles. The summed E-state index contributed by atoms with van der Waals surface area (Å²) in [6.07, 6.45) is 0. The van der Waals surface area contributed by atoms with Gasteiger partial charge in [-0.3, -0.25) is 9.59 Å². The van der Waals surface area contributed by atoms with Gasteiger partial charge in [0.1, 0.15) is 22.2 Å². The van der Waals surface area contributed by atoms with Gasteiger partial charge >= 0.3 is 5.97 Å². The normalized spacial score (nSPS) is 13.4. The first-order valence-electron chi connectivity index (χ1n) is 9.96. The third kappa shape index (κ3) is 4.58. The number of ether oxygens (including phenoxy) is 2. The van der Waals surface area contributed by atoms with Crippen molar-refractivity contribution in [3.05, 3.63) is 94.7 Å². The lowest BCUT2D eigenvalue weighted by Crippen LogP contribution is -2.32. The number of benzene rings is 3. The zero-order valence-electron chi connectivity index (χ0n) is 17.8. The van der Waals surface area contributed by atoms with E-state index in [0.717, 1.165) is 10.5 Å². The molecule has 1 N–H and O–H groups in total. The Bertz CT molecular complexity index is 1270. The molecule has 0 radical (unpaired) electrons. The molecule has 0 bridgehead atoms. The van der Waals surface area contributed by atoms with Crippen LogP contribution < -0.4 is 19.7 Å². The van der Waals surface area contributed by atoms with Crippen LogP contribution in [0.25, 0.3) is 0 Å². The number of esters is 1. The fraction of sp³-hybridized carbons (Fsp3) is 0.0800. The van der Waals surface area contributed by atoms with Crippen molar-refractivity contribution in [2.45, 2.75) is 6.92 Å². The lowest BCUT2D eigenvalue weighted by molar-refractivity contribution is -0.120. The number of anilines is 2. The maximum atomic E-state index is 12.9. The Labute approximate surface area is 195 Å². The summed E-state index contributed by atoms with van der Waals surface area (Å²) < 4.78 is 10.4. The van der Waals surface area contributed by atoms with Crippen LogP contribution in [0.3, 0.4) is 0 Å². The minimum Gasteiger partial charge on any atom is -0.497 e. The Morgan fingerprint density at radius 2 is 1.58 bits per heavy atom. The average Bonchev–Trinajstić information content (AvgIpc) is 3.03. The molecule has 166 valence electrons. The summed E-state index contributed by atoms with van der Waals surface area (Å²) in [6.45, 7) is 1.87. The van der Waals surface area contributed by atoms with E-state index in [-0.39, 0.29) is 10.7 Å². The first kappa shape index (κ1) is 22.1. The van der Waals surface area contributed by atoms with Gasteiger partial charge in [0.15, 0.2) is 0 Å². The SMILES string of the molecule is COc1ccc(OC(=O)c2ccc(NC3=C(Cl)C(=O)N(c4cccc(C)c4)C3=O)cc2)cc1. The van der Waals surface area contributed by atoms with Crippen molar-refractivity contribution < 1.29 is 23.9 Å². The van der Waals surface area contributed by atoms with Crippen LogP contribution in [0.1, 0.15) is 15.9 Å². The van der Waals surface area contributed by atoms with Crippen LogP contribution in [0, 0.1) is 6.92 Å². The molecule has 2 amide bonds. The number of amides is 2. The molecule has 1 heterocycles. The van der Waals surface area contributed by atoms with E-state index < -0.39 is 17.8 Å². The highest BCUT2D eigenvalue weighted by atomic mass is 35.5. The molecular weight excluding hydrogens is 444 g/mol. The van der Waals surface area contributed by atoms with Crippen LogP contribution in [0.15, 0.2) is 83.5 Å². The third-order valence-electron chi connectivity index (χ3n) is 4.95. The van der Waals surface area contributed by atoms with Crippen molar-refractivity contribution in [1.29, 1.82) is 0 Å². The fourth-order valence-corrected chi connectivity index (χ4v) is 3.47. The number of methoxy groups -OCH3 is 1. The van der Waals surface area contributed by atoms with E-state index in [4.69, 9.17) is 21.1 Å². The zero-order chi connectivity index (χ0) is 23.5. The van der Waals surface area contributed by atoms with Crippen LogP contribution in [0.5, 0.6) is 11.5 Å². The zero-order valence-corrected chi connectivity index (χ0v) is 18.6. The topological polar surface area (TPSA) is 84.9 Å². The molecule has 3 aromatic carbocycles. The molecule has 1 aliphatic rings. The molecule has 0 aromatic heterocycles. The highest BCUT2D eigenvalue weighted by molar-refractivity contribution is 6.53. The van der Waals surface area contributed by atoms with Crippen molar-refractivity contribution in [3.63, 3.8) is 0 Å². The number of halogens is 1. The van der Waals surface area contributed by atoms with E-state index in [1.165, 1.54) is 0 Å². The van der Waals surface area contributed by atoms with Crippen LogP contribution in [-0.4, -0.2) is 24.9 Å². The molecule has 1 aliphatic heterocycles. The Morgan fingerprint density at radius 3 is 2.21 bits per heavy atom. The van der Waals surface area contributed by atoms with Gasteiger partial charge in [-0.25, -0.2) is 9.69 Å². The van der Waals surface area contributed by atoms with Crippen LogP contribution >= 0.6 is 11.6 Å². The summed E-state index contributed by atoms with van der Waals surface area (Å²) in [4.78, 5) is 38.9. The molecule has 3 aromatic rings. The van der Waals surface area contributed by atoms with E-state index in [0.29, 0.717) is 28.4 Å². The maximum Gasteiger partial charge on any atom is 0.343 e. The largest absolute Gasteiger partial charge is 0.497 e. The highest BCUT2D eigenvalue weighted by Gasteiger charge is 2.39. The van der Waals surface area contributed by atoms with Gasteiger partial charge in [-0.1, -0.05) is 23.7 Å². The maximum absolute atomic E-state index is 12.9. The van der Waals surface area contributed by atoms with Crippen molar-refractivity contribution in [1.82, 2.24) is 0 Å². The van der Waals surface area contributed by atoms with Gasteiger partial charge in [-0.05, 0) is 73.2 Å². The monoisotopic (exact) mass is 462 g/mol. The van der Waals surface area contributed by atoms with Crippen molar-refractivity contribution in [3.8, 4) is 11.5 Å². The Hall–Kier alpha value is -4.10. The highest BCUT2D eigenvalue weighted by Crippen LogP contribution is 2.30. The first-order valence-corrected chi connectivity index (χ1v) is 10.3. The van der Waals surface area contributed by atoms with Gasteiger partial charge in [0.05, 0.1) is 18.4 Å². The molecule has 0 saturated carbocycles. The molecule has 0 atom stereocenters. The second-order valence-electron chi connectivity index (χ2n) is 7.24. The predicted octanol–water partition coefficient (Wildman–Crippen LogP) is 4.66.